The van der Waals surface area contributed by atoms with Crippen molar-refractivity contribution in [2.24, 2.45) is 0 Å². The molecule has 0 spiro atoms. The van der Waals surface area contributed by atoms with Gasteiger partial charge in [0.15, 0.2) is 6.67 Å². The van der Waals surface area contributed by atoms with Crippen molar-refractivity contribution in [1.82, 2.24) is 10.2 Å². The number of carbonyl (C=O) groups is 2. The SMILES string of the molecule is C=CC(=O)NCCCCCCCCCCCCCC[N+](C)(C)CN1CCCC1=O.[Cl-]. The highest BCUT2D eigenvalue weighted by Crippen LogP contribution is 2.15. The number of hydrogen-bond donors (Lipinski definition) is 1. The van der Waals surface area contributed by atoms with E-state index < -0.39 is 0 Å². The molecule has 5 nitrogen and oxygen atoms in total. The average molecular weight is 444 g/mol. The Morgan fingerprint density at radius 3 is 1.93 bits per heavy atom. The zero-order chi connectivity index (χ0) is 21.4. The molecule has 176 valence electrons. The molecule has 0 saturated carbocycles. The topological polar surface area (TPSA) is 49.4 Å². The summed E-state index contributed by atoms with van der Waals surface area (Å²) in [5.41, 5.74) is 0. The molecule has 1 N–H and O–H groups in total. The van der Waals surface area contributed by atoms with E-state index in [1.807, 2.05) is 4.90 Å². The van der Waals surface area contributed by atoms with Crippen molar-refractivity contribution in [1.29, 1.82) is 0 Å². The van der Waals surface area contributed by atoms with E-state index in [0.29, 0.717) is 5.91 Å². The van der Waals surface area contributed by atoms with Gasteiger partial charge in [0.2, 0.25) is 11.8 Å². The molecule has 0 aliphatic carbocycles. The van der Waals surface area contributed by atoms with Crippen LogP contribution < -0.4 is 17.7 Å². The second kappa shape index (κ2) is 17.6. The van der Waals surface area contributed by atoms with Crippen LogP contribution in [0.3, 0.4) is 0 Å². The molecule has 0 aromatic carbocycles. The number of rotatable bonds is 18. The number of nitrogens with one attached hydrogen (secondary N) is 1. The molecule has 30 heavy (non-hydrogen) atoms. The number of quaternary nitrogens is 1. The van der Waals surface area contributed by atoms with E-state index in [4.69, 9.17) is 0 Å². The molecular weight excluding hydrogens is 398 g/mol. The van der Waals surface area contributed by atoms with Gasteiger partial charge in [-0.3, -0.25) is 14.5 Å². The lowest BCUT2D eigenvalue weighted by molar-refractivity contribution is -0.899. The Labute approximate surface area is 191 Å². The standard InChI is InChI=1S/C24H45N3O2.ClH/c1-4-23(28)25-19-15-13-11-9-7-5-6-8-10-12-14-16-21-27(2,3)22-26-20-17-18-24(26)29;/h4H,1,5-22H2,2-3H3;1H. The van der Waals surface area contributed by atoms with Gasteiger partial charge in [0.05, 0.1) is 20.6 Å². The van der Waals surface area contributed by atoms with E-state index in [-0.39, 0.29) is 18.3 Å². The summed E-state index contributed by atoms with van der Waals surface area (Å²) in [6.45, 7) is 7.22. The van der Waals surface area contributed by atoms with Gasteiger partial charge in [-0.15, -0.1) is 0 Å². The van der Waals surface area contributed by atoms with E-state index in [1.54, 1.807) is 0 Å². The number of nitrogens with zero attached hydrogens (tertiary/aromatic N) is 2. The summed E-state index contributed by atoms with van der Waals surface area (Å²) in [6, 6.07) is 0. The van der Waals surface area contributed by atoms with Crippen molar-refractivity contribution in [3.8, 4) is 0 Å². The van der Waals surface area contributed by atoms with Crippen LogP contribution in [0.4, 0.5) is 0 Å². The summed E-state index contributed by atoms with van der Waals surface area (Å²) < 4.78 is 0.937. The molecule has 0 unspecified atom stereocenters. The van der Waals surface area contributed by atoms with Crippen molar-refractivity contribution in [2.75, 3.05) is 40.4 Å². The summed E-state index contributed by atoms with van der Waals surface area (Å²) in [5, 5.41) is 2.82. The van der Waals surface area contributed by atoms with Crippen LogP contribution in [0.15, 0.2) is 12.7 Å². The Morgan fingerprint density at radius 2 is 1.47 bits per heavy atom. The van der Waals surface area contributed by atoms with Gasteiger partial charge >= 0.3 is 0 Å². The van der Waals surface area contributed by atoms with Crippen molar-refractivity contribution in [3.63, 3.8) is 0 Å². The summed E-state index contributed by atoms with van der Waals surface area (Å²) >= 11 is 0. The molecule has 2 amide bonds. The van der Waals surface area contributed by atoms with Crippen LogP contribution in [0.5, 0.6) is 0 Å². The number of carbonyl (C=O) groups excluding carboxylic acids is 2. The number of hydrogen-bond acceptors (Lipinski definition) is 2. The fourth-order valence-corrected chi connectivity index (χ4v) is 4.10. The van der Waals surface area contributed by atoms with E-state index in [0.717, 1.165) is 43.5 Å². The van der Waals surface area contributed by atoms with Gasteiger partial charge in [-0.25, -0.2) is 0 Å². The van der Waals surface area contributed by atoms with Crippen LogP contribution in [0.2, 0.25) is 0 Å². The molecule has 0 atom stereocenters. The van der Waals surface area contributed by atoms with E-state index in [9.17, 15) is 9.59 Å². The second-order valence-electron chi connectivity index (χ2n) is 9.30. The van der Waals surface area contributed by atoms with Crippen LogP contribution in [0.25, 0.3) is 0 Å². The average Bonchev–Trinajstić information content (AvgIpc) is 3.08. The Kier molecular flexibility index (Phi) is 17.0. The van der Waals surface area contributed by atoms with Gasteiger partial charge < -0.3 is 22.2 Å². The minimum absolute atomic E-state index is 0. The molecule has 0 aromatic heterocycles. The van der Waals surface area contributed by atoms with Gasteiger partial charge in [0.25, 0.3) is 0 Å². The van der Waals surface area contributed by atoms with Crippen LogP contribution in [-0.4, -0.2) is 61.6 Å². The third kappa shape index (κ3) is 14.8. The highest BCUT2D eigenvalue weighted by Gasteiger charge is 2.26. The summed E-state index contributed by atoms with van der Waals surface area (Å²) in [5.74, 6) is 0.277. The van der Waals surface area contributed by atoms with Crippen LogP contribution in [0.1, 0.15) is 89.9 Å². The molecule has 1 saturated heterocycles. The fraction of sp³-hybridized carbons (Fsp3) is 0.833. The maximum absolute atomic E-state index is 11.8. The predicted molar refractivity (Wildman–Crippen MR) is 121 cm³/mol. The molecule has 1 rings (SSSR count). The highest BCUT2D eigenvalue weighted by atomic mass is 35.5. The largest absolute Gasteiger partial charge is 1.00 e. The Bertz CT molecular complexity index is 483. The van der Waals surface area contributed by atoms with E-state index in [1.165, 1.54) is 83.2 Å². The predicted octanol–water partition coefficient (Wildman–Crippen LogP) is 1.63. The minimum atomic E-state index is -0.0636. The van der Waals surface area contributed by atoms with Gasteiger partial charge in [-0.05, 0) is 31.8 Å². The van der Waals surface area contributed by atoms with Crippen molar-refractivity contribution < 1.29 is 26.5 Å². The van der Waals surface area contributed by atoms with Crippen molar-refractivity contribution in [2.45, 2.75) is 89.9 Å². The molecule has 0 radical (unpaired) electrons. The van der Waals surface area contributed by atoms with E-state index >= 15 is 0 Å². The Balaban J connectivity index is 0.00000841. The number of likely N-dealkylation sites (tertiary alicyclic amines) is 1. The lowest BCUT2D eigenvalue weighted by atomic mass is 10.0. The molecule has 0 aromatic rings. The molecule has 1 aliphatic rings. The number of halogens is 1. The number of amides is 2. The maximum Gasteiger partial charge on any atom is 0.243 e. The Hall–Kier alpha value is -1.07. The molecular formula is C24H46ClN3O2. The lowest BCUT2D eigenvalue weighted by Gasteiger charge is -2.33. The lowest BCUT2D eigenvalue weighted by Crippen LogP contribution is -3.00. The third-order valence-corrected chi connectivity index (χ3v) is 5.90. The minimum Gasteiger partial charge on any atom is -1.00 e. The Morgan fingerprint density at radius 1 is 0.967 bits per heavy atom. The molecule has 1 aliphatic heterocycles. The smallest absolute Gasteiger partial charge is 0.243 e. The monoisotopic (exact) mass is 443 g/mol. The molecule has 0 bridgehead atoms. The van der Waals surface area contributed by atoms with Crippen molar-refractivity contribution in [3.05, 3.63) is 12.7 Å². The number of unbranched alkanes of at least 4 members (excludes halogenated alkanes) is 11. The van der Waals surface area contributed by atoms with Crippen molar-refractivity contribution >= 4 is 11.8 Å². The fourth-order valence-electron chi connectivity index (χ4n) is 4.10. The highest BCUT2D eigenvalue weighted by molar-refractivity contribution is 5.86. The normalized spacial score (nSPS) is 13.9. The van der Waals surface area contributed by atoms with Gasteiger partial charge in [0.1, 0.15) is 0 Å². The third-order valence-electron chi connectivity index (χ3n) is 5.90. The first-order chi connectivity index (χ1) is 13.9. The first-order valence-electron chi connectivity index (χ1n) is 11.9. The summed E-state index contributed by atoms with van der Waals surface area (Å²) in [7, 11) is 4.51. The zero-order valence-electron chi connectivity index (χ0n) is 19.6. The summed E-state index contributed by atoms with van der Waals surface area (Å²) in [6.07, 6.45) is 18.7. The molecule has 1 fully saturated rings. The van der Waals surface area contributed by atoms with E-state index in [2.05, 4.69) is 26.0 Å². The molecule has 1 heterocycles. The first kappa shape index (κ1) is 28.9. The first-order valence-corrected chi connectivity index (χ1v) is 11.9. The van der Waals surface area contributed by atoms with Gasteiger partial charge in [0, 0.05) is 19.5 Å². The zero-order valence-corrected chi connectivity index (χ0v) is 20.4. The van der Waals surface area contributed by atoms with Crippen LogP contribution in [-0.2, 0) is 9.59 Å². The summed E-state index contributed by atoms with van der Waals surface area (Å²) in [4.78, 5) is 24.8. The van der Waals surface area contributed by atoms with Crippen LogP contribution in [0, 0.1) is 0 Å². The maximum atomic E-state index is 11.8. The van der Waals surface area contributed by atoms with Gasteiger partial charge in [-0.1, -0.05) is 64.4 Å². The van der Waals surface area contributed by atoms with Crippen LogP contribution >= 0.6 is 0 Å². The second-order valence-corrected chi connectivity index (χ2v) is 9.30. The van der Waals surface area contributed by atoms with Gasteiger partial charge in [-0.2, -0.15) is 0 Å². The molecule has 6 heteroatoms. The quantitative estimate of drug-likeness (QED) is 0.199.